The molecule has 0 bridgehead atoms. The summed E-state index contributed by atoms with van der Waals surface area (Å²) in [5, 5.41) is 3.59. The number of aryl methyl sites for hydroxylation is 1. The quantitative estimate of drug-likeness (QED) is 0.474. The topological polar surface area (TPSA) is 87.1 Å². The van der Waals surface area contributed by atoms with Gasteiger partial charge in [-0.2, -0.15) is 0 Å². The highest BCUT2D eigenvalue weighted by atomic mass is 32.1. The molecule has 32 heavy (non-hydrogen) atoms. The molecule has 9 heteroatoms. The number of amides is 2. The van der Waals surface area contributed by atoms with E-state index in [0.29, 0.717) is 50.9 Å². The summed E-state index contributed by atoms with van der Waals surface area (Å²) in [4.78, 5) is 39.9. The molecule has 4 rings (SSSR count). The standard InChI is InChI=1S/C23H25N5O3S/c1-15-17(21(29)26-16-7-5-4-6-8-16)13-18-19(24-14-28-9-11-31-12-10-28)20(23(30)27(2)3)32-22(18)25-15/h4-8,13-14H,9-12H2,1-3H3,(H,26,29). The predicted octanol–water partition coefficient (Wildman–Crippen LogP) is 3.55. The van der Waals surface area contributed by atoms with Crippen LogP contribution < -0.4 is 5.32 Å². The van der Waals surface area contributed by atoms with Crippen molar-refractivity contribution in [3.8, 4) is 0 Å². The van der Waals surface area contributed by atoms with Crippen molar-refractivity contribution >= 4 is 51.1 Å². The fourth-order valence-corrected chi connectivity index (χ4v) is 4.53. The highest BCUT2D eigenvalue weighted by Crippen LogP contribution is 2.38. The summed E-state index contributed by atoms with van der Waals surface area (Å²) >= 11 is 1.29. The molecule has 3 heterocycles. The first-order valence-electron chi connectivity index (χ1n) is 10.3. The van der Waals surface area contributed by atoms with Gasteiger partial charge in [-0.1, -0.05) is 18.2 Å². The van der Waals surface area contributed by atoms with Gasteiger partial charge in [-0.25, -0.2) is 9.98 Å². The van der Waals surface area contributed by atoms with Gasteiger partial charge in [0.2, 0.25) is 0 Å². The van der Waals surface area contributed by atoms with Gasteiger partial charge < -0.3 is 19.9 Å². The number of aromatic nitrogens is 1. The van der Waals surface area contributed by atoms with E-state index < -0.39 is 0 Å². The lowest BCUT2D eigenvalue weighted by Gasteiger charge is -2.24. The van der Waals surface area contributed by atoms with Crippen LogP contribution in [0.1, 0.15) is 25.7 Å². The van der Waals surface area contributed by atoms with Crippen LogP contribution >= 0.6 is 11.3 Å². The monoisotopic (exact) mass is 451 g/mol. The molecule has 166 valence electrons. The molecule has 2 amide bonds. The number of hydrogen-bond donors (Lipinski definition) is 1. The van der Waals surface area contributed by atoms with Crippen LogP contribution in [0.2, 0.25) is 0 Å². The van der Waals surface area contributed by atoms with Crippen LogP contribution in [0.25, 0.3) is 10.2 Å². The maximum atomic E-state index is 13.0. The fraction of sp³-hybridized carbons (Fsp3) is 0.304. The lowest BCUT2D eigenvalue weighted by Crippen LogP contribution is -2.35. The number of benzene rings is 1. The van der Waals surface area contributed by atoms with Crippen molar-refractivity contribution in [3.05, 3.63) is 52.5 Å². The average Bonchev–Trinajstić information content (AvgIpc) is 3.14. The third kappa shape index (κ3) is 4.63. The summed E-state index contributed by atoms with van der Waals surface area (Å²) in [5.41, 5.74) is 2.29. The Kier molecular flexibility index (Phi) is 6.48. The number of aliphatic imine (C=N–C) groups is 1. The Hall–Kier alpha value is -3.30. The molecular formula is C23H25N5O3S. The molecule has 8 nitrogen and oxygen atoms in total. The minimum absolute atomic E-state index is 0.143. The van der Waals surface area contributed by atoms with Crippen molar-refractivity contribution in [2.24, 2.45) is 4.99 Å². The summed E-state index contributed by atoms with van der Waals surface area (Å²) in [7, 11) is 3.42. The number of para-hydroxylation sites is 1. The zero-order valence-electron chi connectivity index (χ0n) is 18.3. The molecule has 0 atom stereocenters. The van der Waals surface area contributed by atoms with Crippen molar-refractivity contribution in [3.63, 3.8) is 0 Å². The fourth-order valence-electron chi connectivity index (χ4n) is 3.36. The van der Waals surface area contributed by atoms with Crippen molar-refractivity contribution in [1.82, 2.24) is 14.8 Å². The Bertz CT molecular complexity index is 1170. The van der Waals surface area contributed by atoms with Crippen molar-refractivity contribution < 1.29 is 14.3 Å². The van der Waals surface area contributed by atoms with E-state index in [9.17, 15) is 9.59 Å². The minimum Gasteiger partial charge on any atom is -0.378 e. The van der Waals surface area contributed by atoms with Crippen LogP contribution in [0.3, 0.4) is 0 Å². The number of hydrogen-bond acceptors (Lipinski definition) is 6. The Morgan fingerprint density at radius 3 is 2.62 bits per heavy atom. The van der Waals surface area contributed by atoms with E-state index in [1.807, 2.05) is 30.3 Å². The largest absolute Gasteiger partial charge is 0.378 e. The summed E-state index contributed by atoms with van der Waals surface area (Å²) in [6, 6.07) is 11.1. The molecule has 0 unspecified atom stereocenters. The van der Waals surface area contributed by atoms with E-state index in [1.165, 1.54) is 16.2 Å². The third-order valence-corrected chi connectivity index (χ3v) is 6.20. The Morgan fingerprint density at radius 2 is 1.94 bits per heavy atom. The van der Waals surface area contributed by atoms with E-state index in [0.717, 1.165) is 13.1 Å². The number of carbonyl (C=O) groups excluding carboxylic acids is 2. The second-order valence-electron chi connectivity index (χ2n) is 7.67. The number of nitrogens with one attached hydrogen (secondary N) is 1. The van der Waals surface area contributed by atoms with E-state index >= 15 is 0 Å². The van der Waals surface area contributed by atoms with Crippen LogP contribution in [-0.2, 0) is 4.74 Å². The van der Waals surface area contributed by atoms with E-state index in [4.69, 9.17) is 4.74 Å². The molecule has 1 aliphatic heterocycles. The molecule has 1 saturated heterocycles. The van der Waals surface area contributed by atoms with Gasteiger partial charge in [-0.3, -0.25) is 9.59 Å². The van der Waals surface area contributed by atoms with Crippen LogP contribution in [0.5, 0.6) is 0 Å². The zero-order valence-corrected chi connectivity index (χ0v) is 19.1. The van der Waals surface area contributed by atoms with Gasteiger partial charge in [-0.05, 0) is 25.1 Å². The molecular weight excluding hydrogens is 426 g/mol. The second-order valence-corrected chi connectivity index (χ2v) is 8.67. The van der Waals surface area contributed by atoms with Gasteiger partial charge in [0.15, 0.2) is 0 Å². The number of rotatable bonds is 5. The number of morpholine rings is 1. The molecule has 0 radical (unpaired) electrons. The number of thiophene rings is 1. The van der Waals surface area contributed by atoms with E-state index in [-0.39, 0.29) is 11.8 Å². The molecule has 1 N–H and O–H groups in total. The first-order chi connectivity index (χ1) is 15.4. The highest BCUT2D eigenvalue weighted by Gasteiger charge is 2.23. The van der Waals surface area contributed by atoms with Gasteiger partial charge in [0, 0.05) is 38.3 Å². The Labute approximate surface area is 190 Å². The lowest BCUT2D eigenvalue weighted by atomic mass is 10.1. The number of anilines is 1. The molecule has 1 fully saturated rings. The SMILES string of the molecule is Cc1nc2sc(C(=O)N(C)C)c(N=CN3CCOCC3)c2cc1C(=O)Nc1ccccc1. The lowest BCUT2D eigenvalue weighted by molar-refractivity contribution is 0.0701. The van der Waals surface area contributed by atoms with Crippen LogP contribution in [0.4, 0.5) is 11.4 Å². The smallest absolute Gasteiger partial charge is 0.265 e. The molecule has 0 spiro atoms. The molecule has 0 saturated carbocycles. The van der Waals surface area contributed by atoms with Gasteiger partial charge >= 0.3 is 0 Å². The normalized spacial score (nSPS) is 14.2. The van der Waals surface area contributed by atoms with Gasteiger partial charge in [0.25, 0.3) is 11.8 Å². The van der Waals surface area contributed by atoms with Crippen molar-refractivity contribution in [2.75, 3.05) is 45.7 Å². The Balaban J connectivity index is 1.76. The number of carbonyl (C=O) groups is 2. The molecule has 0 aliphatic carbocycles. The number of nitrogens with zero attached hydrogens (tertiary/aromatic N) is 4. The van der Waals surface area contributed by atoms with Crippen molar-refractivity contribution in [1.29, 1.82) is 0 Å². The number of ether oxygens (including phenoxy) is 1. The number of pyridine rings is 1. The molecule has 1 aliphatic rings. The van der Waals surface area contributed by atoms with Gasteiger partial charge in [0.05, 0.1) is 36.5 Å². The maximum Gasteiger partial charge on any atom is 0.265 e. The van der Waals surface area contributed by atoms with Gasteiger partial charge in [-0.15, -0.1) is 11.3 Å². The van der Waals surface area contributed by atoms with Crippen LogP contribution in [0, 0.1) is 6.92 Å². The summed E-state index contributed by atoms with van der Waals surface area (Å²) in [5.74, 6) is -0.395. The maximum absolute atomic E-state index is 13.0. The molecule has 3 aromatic rings. The number of fused-ring (bicyclic) bond motifs is 1. The van der Waals surface area contributed by atoms with Crippen LogP contribution in [-0.4, -0.2) is 73.3 Å². The highest BCUT2D eigenvalue weighted by molar-refractivity contribution is 7.21. The first-order valence-corrected chi connectivity index (χ1v) is 11.1. The average molecular weight is 452 g/mol. The minimum atomic E-state index is -0.252. The van der Waals surface area contributed by atoms with Gasteiger partial charge in [0.1, 0.15) is 9.71 Å². The predicted molar refractivity (Wildman–Crippen MR) is 127 cm³/mol. The first kappa shape index (κ1) is 21.9. The third-order valence-electron chi connectivity index (χ3n) is 5.12. The van der Waals surface area contributed by atoms with E-state index in [2.05, 4.69) is 20.2 Å². The van der Waals surface area contributed by atoms with Crippen LogP contribution in [0.15, 0.2) is 41.4 Å². The summed E-state index contributed by atoms with van der Waals surface area (Å²) in [6.07, 6.45) is 1.75. The second kappa shape index (κ2) is 9.46. The summed E-state index contributed by atoms with van der Waals surface area (Å²) in [6.45, 7) is 4.56. The zero-order chi connectivity index (χ0) is 22.7. The van der Waals surface area contributed by atoms with Crippen molar-refractivity contribution in [2.45, 2.75) is 6.92 Å². The molecule has 1 aromatic carbocycles. The Morgan fingerprint density at radius 1 is 1.22 bits per heavy atom. The molecule has 2 aromatic heterocycles. The van der Waals surface area contributed by atoms with E-state index in [1.54, 1.807) is 33.4 Å². The summed E-state index contributed by atoms with van der Waals surface area (Å²) < 4.78 is 5.39.